The summed E-state index contributed by atoms with van der Waals surface area (Å²) in [6, 6.07) is 28.5. The Kier molecular flexibility index (Phi) is 7.68. The van der Waals surface area contributed by atoms with Gasteiger partial charge in [-0.25, -0.2) is 4.90 Å². The summed E-state index contributed by atoms with van der Waals surface area (Å²) >= 11 is 6.39. The molecule has 0 aromatic heterocycles. The van der Waals surface area contributed by atoms with E-state index in [2.05, 4.69) is 0 Å². The van der Waals surface area contributed by atoms with Gasteiger partial charge >= 0.3 is 0 Å². The predicted molar refractivity (Wildman–Crippen MR) is 189 cm³/mol. The Morgan fingerprint density at radius 1 is 0.820 bits per heavy atom. The molecular weight excluding hydrogens is 652 g/mol. The molecule has 2 saturated heterocycles. The van der Waals surface area contributed by atoms with Crippen LogP contribution in [0, 0.1) is 23.7 Å². The fourth-order valence-electron chi connectivity index (χ4n) is 9.16. The van der Waals surface area contributed by atoms with Crippen LogP contribution in [0.1, 0.15) is 42.4 Å². The Hall–Kier alpha value is -5.21. The Labute approximate surface area is 294 Å². The maximum atomic E-state index is 15.3. The van der Waals surface area contributed by atoms with Gasteiger partial charge in [-0.2, -0.15) is 0 Å². The van der Waals surface area contributed by atoms with Crippen LogP contribution in [0.5, 0.6) is 11.5 Å². The van der Waals surface area contributed by atoms with E-state index < -0.39 is 46.8 Å². The summed E-state index contributed by atoms with van der Waals surface area (Å²) in [5.41, 5.74) is 2.24. The zero-order valence-electron chi connectivity index (χ0n) is 27.6. The second-order valence-electron chi connectivity index (χ2n) is 13.5. The number of hydrogen-bond acceptors (Lipinski definition) is 6. The maximum absolute atomic E-state index is 15.3. The van der Waals surface area contributed by atoms with E-state index >= 15 is 4.79 Å². The van der Waals surface area contributed by atoms with Crippen molar-refractivity contribution in [1.29, 1.82) is 0 Å². The number of ether oxygens (including phenoxy) is 1. The first-order chi connectivity index (χ1) is 24.2. The SMILES string of the molecule is CCc1ccc(N2C(=O)C3CC=C4C(CC5C(=O)N(c6cccc(Cl)c6)C(=O)C5(c5ccccc5)C4c4cccc(OC)c4O)C3C2=O)cc1. The molecule has 50 heavy (non-hydrogen) atoms. The second-order valence-corrected chi connectivity index (χ2v) is 14.0. The van der Waals surface area contributed by atoms with Crippen molar-refractivity contribution in [3.8, 4) is 11.5 Å². The largest absolute Gasteiger partial charge is 0.504 e. The number of hydrogen-bond donors (Lipinski definition) is 1. The third-order valence-electron chi connectivity index (χ3n) is 11.3. The Morgan fingerprint density at radius 3 is 2.26 bits per heavy atom. The Morgan fingerprint density at radius 2 is 1.56 bits per heavy atom. The number of halogens is 1. The van der Waals surface area contributed by atoms with Gasteiger partial charge in [-0.1, -0.05) is 90.8 Å². The zero-order valence-corrected chi connectivity index (χ0v) is 28.3. The molecule has 4 aromatic carbocycles. The monoisotopic (exact) mass is 686 g/mol. The molecule has 8 nitrogen and oxygen atoms in total. The third-order valence-corrected chi connectivity index (χ3v) is 11.6. The number of aromatic hydroxyl groups is 1. The zero-order chi connectivity index (χ0) is 34.9. The molecule has 252 valence electrons. The van der Waals surface area contributed by atoms with Crippen LogP contribution in [0.3, 0.4) is 0 Å². The fraction of sp³-hybridized carbons (Fsp3) is 0.268. The van der Waals surface area contributed by atoms with E-state index in [1.165, 1.54) is 16.9 Å². The lowest BCUT2D eigenvalue weighted by Crippen LogP contribution is -2.53. The highest BCUT2D eigenvalue weighted by atomic mass is 35.5. The smallest absolute Gasteiger partial charge is 0.246 e. The number of amides is 4. The van der Waals surface area contributed by atoms with Gasteiger partial charge in [0.25, 0.3) is 0 Å². The minimum Gasteiger partial charge on any atom is -0.504 e. The van der Waals surface area contributed by atoms with Gasteiger partial charge in [0, 0.05) is 16.5 Å². The number of rotatable bonds is 6. The van der Waals surface area contributed by atoms with E-state index in [9.17, 15) is 19.5 Å². The van der Waals surface area contributed by atoms with Crippen molar-refractivity contribution in [1.82, 2.24) is 0 Å². The number of aryl methyl sites for hydroxylation is 1. The average Bonchev–Trinajstić information content (AvgIpc) is 3.53. The lowest BCUT2D eigenvalue weighted by Gasteiger charge is -2.50. The molecule has 4 aromatic rings. The van der Waals surface area contributed by atoms with E-state index in [1.54, 1.807) is 54.6 Å². The number of allylic oxidation sites excluding steroid dienone is 2. The van der Waals surface area contributed by atoms with E-state index in [0.717, 1.165) is 17.6 Å². The number of fused-ring (bicyclic) bond motifs is 4. The molecule has 2 aliphatic carbocycles. The first-order valence-corrected chi connectivity index (χ1v) is 17.3. The number of nitrogens with zero attached hydrogens (tertiary/aromatic N) is 2. The molecule has 0 spiro atoms. The molecule has 6 unspecified atom stereocenters. The van der Waals surface area contributed by atoms with Crippen molar-refractivity contribution in [2.45, 2.75) is 37.5 Å². The van der Waals surface area contributed by atoms with Crippen LogP contribution in [-0.2, 0) is 31.0 Å². The van der Waals surface area contributed by atoms with Crippen molar-refractivity contribution in [3.05, 3.63) is 130 Å². The average molecular weight is 687 g/mol. The van der Waals surface area contributed by atoms with Crippen LogP contribution in [0.25, 0.3) is 0 Å². The Bertz CT molecular complexity index is 2100. The van der Waals surface area contributed by atoms with Crippen molar-refractivity contribution in [3.63, 3.8) is 0 Å². The number of carbonyl (C=O) groups is 4. The number of methoxy groups -OCH3 is 1. The molecule has 2 aliphatic heterocycles. The highest BCUT2D eigenvalue weighted by Crippen LogP contribution is 2.65. The van der Waals surface area contributed by atoms with Gasteiger partial charge in [0.1, 0.15) is 0 Å². The van der Waals surface area contributed by atoms with Gasteiger partial charge in [0.05, 0.1) is 41.7 Å². The van der Waals surface area contributed by atoms with E-state index in [1.807, 2.05) is 55.5 Å². The second kappa shape index (κ2) is 12.0. The number of phenolic OH excluding ortho intramolecular Hbond substituents is 1. The molecule has 3 fully saturated rings. The predicted octanol–water partition coefficient (Wildman–Crippen LogP) is 6.98. The summed E-state index contributed by atoms with van der Waals surface area (Å²) in [6.07, 6.45) is 3.24. The highest BCUT2D eigenvalue weighted by molar-refractivity contribution is 6.32. The van der Waals surface area contributed by atoms with Crippen molar-refractivity contribution in [2.75, 3.05) is 16.9 Å². The molecule has 1 N–H and O–H groups in total. The van der Waals surface area contributed by atoms with E-state index in [-0.39, 0.29) is 36.2 Å². The van der Waals surface area contributed by atoms with Gasteiger partial charge in [0.15, 0.2) is 11.5 Å². The maximum Gasteiger partial charge on any atom is 0.246 e. The van der Waals surface area contributed by atoms with Crippen LogP contribution in [0.4, 0.5) is 11.4 Å². The van der Waals surface area contributed by atoms with E-state index in [0.29, 0.717) is 27.5 Å². The molecule has 0 radical (unpaired) electrons. The first-order valence-electron chi connectivity index (χ1n) is 16.9. The fourth-order valence-corrected chi connectivity index (χ4v) is 9.34. The minimum absolute atomic E-state index is 0.148. The molecule has 4 aliphatic rings. The molecular formula is C41H35ClN2O6. The van der Waals surface area contributed by atoms with E-state index in [4.69, 9.17) is 16.3 Å². The molecule has 2 heterocycles. The summed E-state index contributed by atoms with van der Waals surface area (Å²) in [5, 5.41) is 12.2. The van der Waals surface area contributed by atoms with Gasteiger partial charge < -0.3 is 9.84 Å². The topological polar surface area (TPSA) is 104 Å². The van der Waals surface area contributed by atoms with Crippen molar-refractivity contribution < 1.29 is 29.0 Å². The number of benzene rings is 4. The Balaban J connectivity index is 1.35. The molecule has 6 atom stereocenters. The molecule has 8 rings (SSSR count). The first kappa shape index (κ1) is 32.0. The normalized spacial score (nSPS) is 27.2. The van der Waals surface area contributed by atoms with Crippen LogP contribution in [0.2, 0.25) is 5.02 Å². The third kappa shape index (κ3) is 4.44. The van der Waals surface area contributed by atoms with Gasteiger partial charge in [0.2, 0.25) is 23.6 Å². The minimum atomic E-state index is -1.50. The van der Waals surface area contributed by atoms with Crippen LogP contribution >= 0.6 is 11.6 Å². The lowest BCUT2D eigenvalue weighted by atomic mass is 9.49. The summed E-state index contributed by atoms with van der Waals surface area (Å²) in [7, 11) is 1.46. The molecule has 1 saturated carbocycles. The molecule has 9 heteroatoms. The summed E-state index contributed by atoms with van der Waals surface area (Å²) in [5.74, 6) is -5.11. The van der Waals surface area contributed by atoms with Crippen molar-refractivity contribution in [2.24, 2.45) is 23.7 Å². The van der Waals surface area contributed by atoms with Crippen LogP contribution < -0.4 is 14.5 Å². The number of para-hydroxylation sites is 1. The molecule has 0 bridgehead atoms. The number of imide groups is 2. The lowest BCUT2D eigenvalue weighted by molar-refractivity contribution is -0.127. The van der Waals surface area contributed by atoms with Gasteiger partial charge in [-0.3, -0.25) is 24.1 Å². The number of anilines is 2. The summed E-state index contributed by atoms with van der Waals surface area (Å²) in [4.78, 5) is 61.3. The van der Waals surface area contributed by atoms with Gasteiger partial charge in [-0.15, -0.1) is 0 Å². The van der Waals surface area contributed by atoms with Crippen LogP contribution in [0.15, 0.2) is 109 Å². The summed E-state index contributed by atoms with van der Waals surface area (Å²) < 4.78 is 5.54. The quantitative estimate of drug-likeness (QED) is 0.173. The van der Waals surface area contributed by atoms with Gasteiger partial charge in [-0.05, 0) is 72.7 Å². The summed E-state index contributed by atoms with van der Waals surface area (Å²) in [6.45, 7) is 2.04. The van der Waals surface area contributed by atoms with Crippen molar-refractivity contribution >= 4 is 46.6 Å². The standard InChI is InChI=1S/C41H35ClN2O6/c1-3-23-15-17-26(18-16-23)43-37(46)29-20-19-28-31(34(29)39(43)48)22-32-38(47)44(27-12-7-11-25(42)21-27)40(49)41(32,24-9-5-4-6-10-24)35(28)30-13-8-14-33(50-2)36(30)45/h4-19,21,29,31-32,34-35,45H,3,20,22H2,1-2H3. The number of carbonyl (C=O) groups excluding carboxylic acids is 4. The number of phenols is 1. The van der Waals surface area contributed by atoms with Crippen LogP contribution in [-0.4, -0.2) is 35.8 Å². The highest BCUT2D eigenvalue weighted by Gasteiger charge is 2.70. The molecule has 4 amide bonds.